The number of rotatable bonds is 4. The molecule has 1 N–H and O–H groups in total. The minimum Gasteiger partial charge on any atom is -0.341 e. The van der Waals surface area contributed by atoms with E-state index in [1.807, 2.05) is 24.3 Å². The average molecular weight is 273 g/mol. The van der Waals surface area contributed by atoms with E-state index in [2.05, 4.69) is 48.3 Å². The molecule has 0 unspecified atom stereocenters. The van der Waals surface area contributed by atoms with E-state index < -0.39 is 0 Å². The van der Waals surface area contributed by atoms with Gasteiger partial charge in [0, 0.05) is 5.69 Å². The molecule has 0 amide bonds. The first-order valence-electron chi connectivity index (χ1n) is 5.87. The van der Waals surface area contributed by atoms with E-state index in [-0.39, 0.29) is 0 Å². The first-order valence-corrected chi connectivity index (χ1v) is 6.73. The summed E-state index contributed by atoms with van der Waals surface area (Å²) in [6.07, 6.45) is 2.02. The van der Waals surface area contributed by atoms with E-state index in [1.54, 1.807) is 0 Å². The molecule has 0 aliphatic heterocycles. The second kappa shape index (κ2) is 6.57. The smallest absolute Gasteiger partial charge is 0.135 e. The molecule has 0 fully saturated rings. The Kier molecular flexibility index (Phi) is 4.79. The molecule has 0 bridgehead atoms. The van der Waals surface area contributed by atoms with Crippen LogP contribution in [0.3, 0.4) is 0 Å². The second-order valence-electron chi connectivity index (χ2n) is 4.07. The third kappa shape index (κ3) is 3.86. The number of aryl methyl sites for hydroxylation is 2. The van der Waals surface area contributed by atoms with Crippen molar-refractivity contribution in [3.63, 3.8) is 0 Å². The summed E-state index contributed by atoms with van der Waals surface area (Å²) in [5.41, 5.74) is 3.66. The maximum Gasteiger partial charge on any atom is 0.135 e. The standard InChI is InChI=1S/C15H15NS2/c17-15(18)16-14-9-5-4-8-13(14)11-10-12-6-2-1-3-7-12/h1-9H,10-11H2,(H2,16,17,18). The van der Waals surface area contributed by atoms with Gasteiger partial charge in [-0.25, -0.2) is 0 Å². The lowest BCUT2D eigenvalue weighted by Gasteiger charge is -2.10. The van der Waals surface area contributed by atoms with Crippen molar-refractivity contribution >= 4 is 34.9 Å². The van der Waals surface area contributed by atoms with Crippen molar-refractivity contribution in [3.05, 3.63) is 65.7 Å². The minimum atomic E-state index is 0.502. The molecule has 2 aromatic rings. The molecule has 2 rings (SSSR count). The van der Waals surface area contributed by atoms with Gasteiger partial charge in [0.25, 0.3) is 0 Å². The van der Waals surface area contributed by atoms with Crippen LogP contribution in [0.15, 0.2) is 54.6 Å². The van der Waals surface area contributed by atoms with Crippen LogP contribution in [-0.4, -0.2) is 4.32 Å². The molecule has 0 saturated heterocycles. The van der Waals surface area contributed by atoms with Gasteiger partial charge in [-0.2, -0.15) is 0 Å². The van der Waals surface area contributed by atoms with Crippen LogP contribution in [-0.2, 0) is 12.8 Å². The largest absolute Gasteiger partial charge is 0.341 e. The predicted molar refractivity (Wildman–Crippen MR) is 85.5 cm³/mol. The van der Waals surface area contributed by atoms with Crippen molar-refractivity contribution in [1.82, 2.24) is 0 Å². The normalized spacial score (nSPS) is 10.1. The zero-order valence-corrected chi connectivity index (χ0v) is 11.7. The van der Waals surface area contributed by atoms with E-state index in [1.165, 1.54) is 11.1 Å². The van der Waals surface area contributed by atoms with Crippen LogP contribution in [0.5, 0.6) is 0 Å². The topological polar surface area (TPSA) is 12.0 Å². The minimum absolute atomic E-state index is 0.502. The van der Waals surface area contributed by atoms with Gasteiger partial charge in [-0.1, -0.05) is 60.7 Å². The first kappa shape index (κ1) is 13.1. The molecule has 0 saturated carbocycles. The number of hydrogen-bond acceptors (Lipinski definition) is 1. The van der Waals surface area contributed by atoms with Gasteiger partial charge in [0.2, 0.25) is 0 Å². The molecular formula is C15H15NS2. The fourth-order valence-corrected chi connectivity index (χ4v) is 2.13. The average Bonchev–Trinajstić information content (AvgIpc) is 2.38. The summed E-state index contributed by atoms with van der Waals surface area (Å²) in [5.74, 6) is 0. The van der Waals surface area contributed by atoms with Crippen LogP contribution < -0.4 is 5.32 Å². The SMILES string of the molecule is S=C(S)Nc1ccccc1CCc1ccccc1. The van der Waals surface area contributed by atoms with Gasteiger partial charge >= 0.3 is 0 Å². The molecule has 0 aliphatic carbocycles. The van der Waals surface area contributed by atoms with Crippen LogP contribution in [0, 0.1) is 0 Å². The van der Waals surface area contributed by atoms with E-state index in [9.17, 15) is 0 Å². The Morgan fingerprint density at radius 2 is 1.61 bits per heavy atom. The summed E-state index contributed by atoms with van der Waals surface area (Å²) in [5, 5.41) is 3.11. The number of nitrogens with one attached hydrogen (secondary N) is 1. The molecule has 0 spiro atoms. The molecular weight excluding hydrogens is 258 g/mol. The van der Waals surface area contributed by atoms with Crippen molar-refractivity contribution in [2.24, 2.45) is 0 Å². The molecule has 92 valence electrons. The van der Waals surface area contributed by atoms with Gasteiger partial charge in [0.05, 0.1) is 0 Å². The summed E-state index contributed by atoms with van der Waals surface area (Å²) in [4.78, 5) is 0. The lowest BCUT2D eigenvalue weighted by Crippen LogP contribution is -2.04. The predicted octanol–water partition coefficient (Wildman–Crippen LogP) is 4.10. The lowest BCUT2D eigenvalue weighted by atomic mass is 10.0. The van der Waals surface area contributed by atoms with Gasteiger partial charge in [-0.3, -0.25) is 0 Å². The fourth-order valence-electron chi connectivity index (χ4n) is 1.90. The Balaban J connectivity index is 2.07. The Labute approximate surface area is 119 Å². The van der Waals surface area contributed by atoms with Crippen LogP contribution in [0.25, 0.3) is 0 Å². The maximum atomic E-state index is 4.97. The van der Waals surface area contributed by atoms with Crippen LogP contribution in [0.2, 0.25) is 0 Å². The Morgan fingerprint density at radius 1 is 0.944 bits per heavy atom. The fraction of sp³-hybridized carbons (Fsp3) is 0.133. The highest BCUT2D eigenvalue weighted by Crippen LogP contribution is 2.18. The Bertz CT molecular complexity index is 523. The van der Waals surface area contributed by atoms with Crippen LogP contribution in [0.1, 0.15) is 11.1 Å². The van der Waals surface area contributed by atoms with Crippen molar-refractivity contribution < 1.29 is 0 Å². The van der Waals surface area contributed by atoms with Crippen LogP contribution >= 0.6 is 24.8 Å². The first-order chi connectivity index (χ1) is 8.75. The van der Waals surface area contributed by atoms with Gasteiger partial charge in [-0.15, -0.1) is 12.6 Å². The van der Waals surface area contributed by atoms with Gasteiger partial charge < -0.3 is 5.32 Å². The molecule has 18 heavy (non-hydrogen) atoms. The maximum absolute atomic E-state index is 4.97. The summed E-state index contributed by atoms with van der Waals surface area (Å²) in [6.45, 7) is 0. The highest BCUT2D eigenvalue weighted by atomic mass is 32.1. The molecule has 0 aliphatic rings. The molecule has 0 radical (unpaired) electrons. The highest BCUT2D eigenvalue weighted by Gasteiger charge is 2.02. The van der Waals surface area contributed by atoms with E-state index >= 15 is 0 Å². The van der Waals surface area contributed by atoms with Crippen molar-refractivity contribution in [3.8, 4) is 0 Å². The second-order valence-corrected chi connectivity index (χ2v) is 5.23. The monoisotopic (exact) mass is 273 g/mol. The zero-order chi connectivity index (χ0) is 12.8. The molecule has 0 heterocycles. The van der Waals surface area contributed by atoms with E-state index in [0.717, 1.165) is 18.5 Å². The number of para-hydroxylation sites is 1. The highest BCUT2D eigenvalue weighted by molar-refractivity contribution is 8.11. The third-order valence-electron chi connectivity index (χ3n) is 2.78. The molecule has 0 atom stereocenters. The number of benzene rings is 2. The summed E-state index contributed by atoms with van der Waals surface area (Å²) in [6, 6.07) is 18.7. The number of hydrogen-bond donors (Lipinski definition) is 2. The summed E-state index contributed by atoms with van der Waals surface area (Å²) < 4.78 is 0.502. The summed E-state index contributed by atoms with van der Waals surface area (Å²) in [7, 11) is 0. The summed E-state index contributed by atoms with van der Waals surface area (Å²) >= 11 is 9.08. The Hall–Kier alpha value is -1.32. The van der Waals surface area contributed by atoms with Crippen LogP contribution in [0.4, 0.5) is 5.69 Å². The van der Waals surface area contributed by atoms with Crippen molar-refractivity contribution in [2.45, 2.75) is 12.8 Å². The molecule has 1 nitrogen and oxygen atoms in total. The van der Waals surface area contributed by atoms with Gasteiger partial charge in [-0.05, 0) is 30.0 Å². The zero-order valence-electron chi connectivity index (χ0n) is 9.97. The molecule has 2 aromatic carbocycles. The number of thiocarbonyl (C=S) groups is 1. The number of thiol groups is 1. The number of anilines is 1. The Morgan fingerprint density at radius 3 is 2.33 bits per heavy atom. The van der Waals surface area contributed by atoms with Crippen molar-refractivity contribution in [1.29, 1.82) is 0 Å². The van der Waals surface area contributed by atoms with E-state index in [0.29, 0.717) is 4.32 Å². The molecule has 0 aromatic heterocycles. The lowest BCUT2D eigenvalue weighted by molar-refractivity contribution is 0.963. The van der Waals surface area contributed by atoms with E-state index in [4.69, 9.17) is 12.2 Å². The van der Waals surface area contributed by atoms with Gasteiger partial charge in [0.15, 0.2) is 0 Å². The third-order valence-corrected chi connectivity index (χ3v) is 3.00. The quantitative estimate of drug-likeness (QED) is 0.642. The van der Waals surface area contributed by atoms with Gasteiger partial charge in [0.1, 0.15) is 4.32 Å². The molecule has 3 heteroatoms. The van der Waals surface area contributed by atoms with Crippen molar-refractivity contribution in [2.75, 3.05) is 5.32 Å².